The number of ether oxygens (including phenoxy) is 2. The second-order valence-electron chi connectivity index (χ2n) is 6.77. The van der Waals surface area contributed by atoms with Crippen LogP contribution in [-0.4, -0.2) is 22.6 Å². The van der Waals surface area contributed by atoms with E-state index in [0.29, 0.717) is 39.2 Å². The van der Waals surface area contributed by atoms with Crippen LogP contribution in [0.3, 0.4) is 0 Å². The number of hydrogen-bond acceptors (Lipinski definition) is 6. The topological polar surface area (TPSA) is 109 Å². The molecule has 4 rings (SSSR count). The fraction of sp³-hybridized carbons (Fsp3) is 0.0870. The van der Waals surface area contributed by atoms with Crippen LogP contribution >= 0.6 is 0 Å². The van der Waals surface area contributed by atoms with E-state index in [-0.39, 0.29) is 16.1 Å². The van der Waals surface area contributed by atoms with Gasteiger partial charge in [0.2, 0.25) is 15.5 Å². The van der Waals surface area contributed by atoms with Gasteiger partial charge < -0.3 is 13.9 Å². The minimum atomic E-state index is -3.85. The second kappa shape index (κ2) is 7.90. The highest BCUT2D eigenvalue weighted by atomic mass is 32.2. The Kier molecular flexibility index (Phi) is 5.26. The number of hydrogen-bond donors (Lipinski definition) is 1. The van der Waals surface area contributed by atoms with Crippen LogP contribution in [0.1, 0.15) is 0 Å². The van der Waals surface area contributed by atoms with Crippen molar-refractivity contribution in [3.63, 3.8) is 0 Å². The minimum Gasteiger partial charge on any atom is -0.497 e. The van der Waals surface area contributed by atoms with Crippen LogP contribution in [0, 0.1) is 0 Å². The molecule has 0 bridgehead atoms. The summed E-state index contributed by atoms with van der Waals surface area (Å²) in [7, 11) is -0.811. The maximum absolute atomic E-state index is 13.5. The van der Waals surface area contributed by atoms with Gasteiger partial charge in [-0.25, -0.2) is 13.6 Å². The molecule has 2 N–H and O–H groups in total. The summed E-state index contributed by atoms with van der Waals surface area (Å²) in [6.45, 7) is 0. The van der Waals surface area contributed by atoms with E-state index in [0.717, 1.165) is 0 Å². The van der Waals surface area contributed by atoms with Crippen LogP contribution < -0.4 is 20.0 Å². The van der Waals surface area contributed by atoms with Crippen molar-refractivity contribution in [3.05, 3.63) is 77.0 Å². The Hall–Kier alpha value is -3.62. The van der Waals surface area contributed by atoms with Crippen molar-refractivity contribution in [1.82, 2.24) is 0 Å². The van der Waals surface area contributed by atoms with E-state index in [1.54, 1.807) is 54.6 Å². The van der Waals surface area contributed by atoms with Crippen molar-refractivity contribution in [2.75, 3.05) is 14.2 Å². The van der Waals surface area contributed by atoms with E-state index in [1.807, 2.05) is 0 Å². The summed E-state index contributed by atoms with van der Waals surface area (Å²) in [5.41, 5.74) is 1.50. The van der Waals surface area contributed by atoms with Crippen LogP contribution in [0.2, 0.25) is 0 Å². The van der Waals surface area contributed by atoms with Gasteiger partial charge >= 0.3 is 0 Å². The molecule has 0 aliphatic heterocycles. The summed E-state index contributed by atoms with van der Waals surface area (Å²) in [5.74, 6) is 1.29. The molecule has 7 nitrogen and oxygen atoms in total. The normalized spacial score (nSPS) is 11.5. The highest BCUT2D eigenvalue weighted by molar-refractivity contribution is 7.89. The zero-order chi connectivity index (χ0) is 22.2. The number of benzene rings is 3. The third kappa shape index (κ3) is 3.78. The van der Waals surface area contributed by atoms with E-state index in [4.69, 9.17) is 19.0 Å². The predicted molar refractivity (Wildman–Crippen MR) is 118 cm³/mol. The lowest BCUT2D eigenvalue weighted by Crippen LogP contribution is -2.12. The molecule has 0 amide bonds. The van der Waals surface area contributed by atoms with E-state index >= 15 is 0 Å². The van der Waals surface area contributed by atoms with Gasteiger partial charge in [0.25, 0.3) is 0 Å². The molecule has 1 heterocycles. The number of sulfonamides is 1. The lowest BCUT2D eigenvalue weighted by molar-refractivity contribution is 0.395. The standard InChI is InChI=1S/C23H19NO6S/c1-28-15-9-12-17(20(13-15)29-2)21-22(25)18-5-3-4-6-19(18)30-23(21)14-7-10-16(11-8-14)31(24,26)27/h3-13H,1-2H3,(H2,24,26,27). The summed E-state index contributed by atoms with van der Waals surface area (Å²) in [6.07, 6.45) is 0. The first-order valence-corrected chi connectivity index (χ1v) is 10.8. The second-order valence-corrected chi connectivity index (χ2v) is 8.33. The Morgan fingerprint density at radius 1 is 0.903 bits per heavy atom. The quantitative estimate of drug-likeness (QED) is 0.509. The maximum atomic E-state index is 13.5. The van der Waals surface area contributed by atoms with Crippen molar-refractivity contribution in [2.24, 2.45) is 5.14 Å². The molecule has 4 aromatic rings. The third-order valence-electron chi connectivity index (χ3n) is 4.92. The SMILES string of the molecule is COc1ccc(-c2c(-c3ccc(S(N)(=O)=O)cc3)oc3ccccc3c2=O)c(OC)c1. The van der Waals surface area contributed by atoms with Gasteiger partial charge in [0.05, 0.1) is 30.1 Å². The highest BCUT2D eigenvalue weighted by Crippen LogP contribution is 2.38. The summed E-state index contributed by atoms with van der Waals surface area (Å²) >= 11 is 0. The fourth-order valence-corrected chi connectivity index (χ4v) is 3.91. The van der Waals surface area contributed by atoms with Crippen LogP contribution in [0.25, 0.3) is 33.4 Å². The Morgan fingerprint density at radius 2 is 1.61 bits per heavy atom. The number of rotatable bonds is 5. The molecule has 158 valence electrons. The molecule has 0 saturated heterocycles. The number of para-hydroxylation sites is 1. The molecule has 0 saturated carbocycles. The summed E-state index contributed by atoms with van der Waals surface area (Å²) < 4.78 is 40.1. The molecular weight excluding hydrogens is 418 g/mol. The monoisotopic (exact) mass is 437 g/mol. The minimum absolute atomic E-state index is 0.0389. The lowest BCUT2D eigenvalue weighted by Gasteiger charge is -2.14. The van der Waals surface area contributed by atoms with Gasteiger partial charge in [-0.15, -0.1) is 0 Å². The maximum Gasteiger partial charge on any atom is 0.238 e. The molecule has 0 aliphatic rings. The molecule has 0 atom stereocenters. The average Bonchev–Trinajstić information content (AvgIpc) is 2.78. The average molecular weight is 437 g/mol. The first-order chi connectivity index (χ1) is 14.8. The number of fused-ring (bicyclic) bond motifs is 1. The first-order valence-electron chi connectivity index (χ1n) is 9.25. The first kappa shape index (κ1) is 20.6. The molecule has 0 spiro atoms. The van der Waals surface area contributed by atoms with E-state index < -0.39 is 10.0 Å². The zero-order valence-corrected chi connectivity index (χ0v) is 17.6. The van der Waals surface area contributed by atoms with Gasteiger partial charge in [-0.1, -0.05) is 12.1 Å². The van der Waals surface area contributed by atoms with Gasteiger partial charge in [0, 0.05) is 17.2 Å². The Bertz CT molecular complexity index is 1440. The van der Waals surface area contributed by atoms with Crippen molar-refractivity contribution in [3.8, 4) is 33.9 Å². The number of primary sulfonamides is 1. The highest BCUT2D eigenvalue weighted by Gasteiger charge is 2.21. The Morgan fingerprint density at radius 3 is 2.26 bits per heavy atom. The number of nitrogens with two attached hydrogens (primary N) is 1. The molecule has 0 radical (unpaired) electrons. The zero-order valence-electron chi connectivity index (χ0n) is 16.8. The van der Waals surface area contributed by atoms with E-state index in [2.05, 4.69) is 0 Å². The number of methoxy groups -OCH3 is 2. The largest absolute Gasteiger partial charge is 0.497 e. The smallest absolute Gasteiger partial charge is 0.238 e. The fourth-order valence-electron chi connectivity index (χ4n) is 3.39. The molecule has 8 heteroatoms. The summed E-state index contributed by atoms with van der Waals surface area (Å²) in [4.78, 5) is 13.5. The van der Waals surface area contributed by atoms with Crippen molar-refractivity contribution in [1.29, 1.82) is 0 Å². The molecular formula is C23H19NO6S. The van der Waals surface area contributed by atoms with E-state index in [1.165, 1.54) is 26.4 Å². The van der Waals surface area contributed by atoms with Gasteiger partial charge in [-0.2, -0.15) is 0 Å². The summed E-state index contributed by atoms with van der Waals surface area (Å²) in [5, 5.41) is 5.62. The molecule has 3 aromatic carbocycles. The van der Waals surface area contributed by atoms with Crippen LogP contribution in [0.5, 0.6) is 11.5 Å². The molecule has 1 aromatic heterocycles. The molecule has 31 heavy (non-hydrogen) atoms. The van der Waals surface area contributed by atoms with Gasteiger partial charge in [-0.05, 0) is 48.5 Å². The molecule has 0 aliphatic carbocycles. The van der Waals surface area contributed by atoms with Gasteiger partial charge in [-0.3, -0.25) is 4.79 Å². The third-order valence-corrected chi connectivity index (χ3v) is 5.85. The Balaban J connectivity index is 2.05. The van der Waals surface area contributed by atoms with Crippen molar-refractivity contribution < 1.29 is 22.3 Å². The van der Waals surface area contributed by atoms with Gasteiger partial charge in [0.1, 0.15) is 22.8 Å². The molecule has 0 fully saturated rings. The van der Waals surface area contributed by atoms with Crippen LogP contribution in [-0.2, 0) is 10.0 Å². The Labute approximate surface area is 178 Å². The van der Waals surface area contributed by atoms with Gasteiger partial charge in [0.15, 0.2) is 0 Å². The summed E-state index contributed by atoms with van der Waals surface area (Å²) in [6, 6.07) is 17.9. The van der Waals surface area contributed by atoms with Crippen LogP contribution in [0.4, 0.5) is 0 Å². The predicted octanol–water partition coefficient (Wildman–Crippen LogP) is 3.79. The van der Waals surface area contributed by atoms with Crippen molar-refractivity contribution in [2.45, 2.75) is 4.90 Å². The van der Waals surface area contributed by atoms with Crippen LogP contribution in [0.15, 0.2) is 80.8 Å². The van der Waals surface area contributed by atoms with E-state index in [9.17, 15) is 13.2 Å². The molecule has 0 unspecified atom stereocenters. The van der Waals surface area contributed by atoms with Crippen molar-refractivity contribution >= 4 is 21.0 Å². The lowest BCUT2D eigenvalue weighted by atomic mass is 9.97.